The van der Waals surface area contributed by atoms with Crippen LogP contribution < -0.4 is 5.32 Å². The van der Waals surface area contributed by atoms with E-state index in [1.165, 1.54) is 0 Å². The lowest BCUT2D eigenvalue weighted by atomic mass is 9.95. The van der Waals surface area contributed by atoms with E-state index in [0.29, 0.717) is 11.8 Å². The molecule has 4 heteroatoms. The van der Waals surface area contributed by atoms with E-state index in [0.717, 1.165) is 28.1 Å². The molecule has 0 fully saturated rings. The van der Waals surface area contributed by atoms with E-state index in [-0.39, 0.29) is 0 Å². The zero-order valence-corrected chi connectivity index (χ0v) is 13.2. The fraction of sp³-hybridized carbons (Fsp3) is 0.400. The van der Waals surface area contributed by atoms with Crippen molar-refractivity contribution in [2.45, 2.75) is 19.8 Å². The van der Waals surface area contributed by atoms with E-state index in [1.807, 2.05) is 31.4 Å². The first-order valence-electron chi connectivity index (χ1n) is 6.58. The Kier molecular flexibility index (Phi) is 4.77. The molecule has 2 N–H and O–H groups in total. The molecule has 102 valence electrons. The van der Waals surface area contributed by atoms with E-state index in [2.05, 4.69) is 51.1 Å². The maximum absolute atomic E-state index is 4.56. The molecule has 2 rings (SSSR count). The second-order valence-corrected chi connectivity index (χ2v) is 5.92. The molecule has 0 spiro atoms. The summed E-state index contributed by atoms with van der Waals surface area (Å²) in [5, 5.41) is 3.24. The largest absolute Gasteiger partial charge is 0.342 e. The molecule has 1 atom stereocenters. The smallest absolute Gasteiger partial charge is 0.111 e. The molecule has 0 aliphatic carbocycles. The number of aromatic amines is 1. The average molecular weight is 322 g/mol. The molecule has 0 aliphatic heterocycles. The molecule has 1 unspecified atom stereocenters. The molecule has 0 aliphatic rings. The lowest BCUT2D eigenvalue weighted by molar-refractivity contribution is 0.461. The van der Waals surface area contributed by atoms with Crippen molar-refractivity contribution in [3.05, 3.63) is 40.8 Å². The van der Waals surface area contributed by atoms with Gasteiger partial charge < -0.3 is 10.3 Å². The van der Waals surface area contributed by atoms with Gasteiger partial charge in [-0.1, -0.05) is 48.0 Å². The minimum absolute atomic E-state index is 0.404. The van der Waals surface area contributed by atoms with Crippen molar-refractivity contribution in [1.82, 2.24) is 15.3 Å². The number of halogens is 1. The van der Waals surface area contributed by atoms with Gasteiger partial charge in [0.25, 0.3) is 0 Å². The van der Waals surface area contributed by atoms with Crippen molar-refractivity contribution in [2.75, 3.05) is 13.6 Å². The third-order valence-corrected chi connectivity index (χ3v) is 4.03. The van der Waals surface area contributed by atoms with Crippen LogP contribution >= 0.6 is 15.9 Å². The van der Waals surface area contributed by atoms with Gasteiger partial charge in [-0.3, -0.25) is 0 Å². The average Bonchev–Trinajstić information content (AvgIpc) is 2.85. The molecule has 0 bridgehead atoms. The van der Waals surface area contributed by atoms with Gasteiger partial charge in [-0.2, -0.15) is 0 Å². The molecular weight excluding hydrogens is 302 g/mol. The quantitative estimate of drug-likeness (QED) is 0.879. The van der Waals surface area contributed by atoms with Gasteiger partial charge in [0.2, 0.25) is 0 Å². The fourth-order valence-corrected chi connectivity index (χ4v) is 2.71. The van der Waals surface area contributed by atoms with Gasteiger partial charge in [0.1, 0.15) is 5.82 Å². The lowest BCUT2D eigenvalue weighted by Gasteiger charge is -2.17. The highest BCUT2D eigenvalue weighted by Gasteiger charge is 2.18. The predicted molar refractivity (Wildman–Crippen MR) is 83.2 cm³/mol. The van der Waals surface area contributed by atoms with E-state index < -0.39 is 0 Å². The Morgan fingerprint density at radius 2 is 2.05 bits per heavy atom. The van der Waals surface area contributed by atoms with Crippen molar-refractivity contribution in [2.24, 2.45) is 5.92 Å². The zero-order valence-electron chi connectivity index (χ0n) is 11.6. The van der Waals surface area contributed by atoms with Crippen LogP contribution in [0.3, 0.4) is 0 Å². The summed E-state index contributed by atoms with van der Waals surface area (Å²) in [5.74, 6) is 2.00. The molecule has 1 heterocycles. The third kappa shape index (κ3) is 3.25. The van der Waals surface area contributed by atoms with Gasteiger partial charge in [0, 0.05) is 22.5 Å². The standard InChI is InChI=1S/C15H20BrN3/c1-10(2)12(8-17-3)15-18-9-14(19-15)11-6-4-5-7-13(11)16/h4-7,9-10,12,17H,8H2,1-3H3,(H,18,19). The highest BCUT2D eigenvalue weighted by molar-refractivity contribution is 9.10. The van der Waals surface area contributed by atoms with Gasteiger partial charge in [-0.25, -0.2) is 4.98 Å². The fourth-order valence-electron chi connectivity index (χ4n) is 2.21. The number of rotatable bonds is 5. The first-order valence-corrected chi connectivity index (χ1v) is 7.37. The van der Waals surface area contributed by atoms with Gasteiger partial charge in [-0.05, 0) is 19.0 Å². The van der Waals surface area contributed by atoms with Crippen LogP contribution in [0.5, 0.6) is 0 Å². The lowest BCUT2D eigenvalue weighted by Crippen LogP contribution is -2.22. The summed E-state index contributed by atoms with van der Waals surface area (Å²) in [6.45, 7) is 5.38. The molecule has 1 aromatic heterocycles. The first kappa shape index (κ1) is 14.3. The Bertz CT molecular complexity index is 534. The van der Waals surface area contributed by atoms with Crippen LogP contribution in [0, 0.1) is 5.92 Å². The third-order valence-electron chi connectivity index (χ3n) is 3.34. The summed E-state index contributed by atoms with van der Waals surface area (Å²) >= 11 is 3.58. The van der Waals surface area contributed by atoms with Crippen molar-refractivity contribution in [3.63, 3.8) is 0 Å². The number of likely N-dealkylation sites (N-methyl/N-ethyl adjacent to an activating group) is 1. The number of aromatic nitrogens is 2. The van der Waals surface area contributed by atoms with Crippen LogP contribution in [0.25, 0.3) is 11.3 Å². The highest BCUT2D eigenvalue weighted by atomic mass is 79.9. The second-order valence-electron chi connectivity index (χ2n) is 5.07. The van der Waals surface area contributed by atoms with E-state index in [1.54, 1.807) is 0 Å². The SMILES string of the molecule is CNCC(c1ncc(-c2ccccc2Br)[nH]1)C(C)C. The summed E-state index contributed by atoms with van der Waals surface area (Å²) in [4.78, 5) is 8.01. The Hall–Kier alpha value is -1.13. The number of benzene rings is 1. The molecule has 2 aromatic rings. The number of nitrogens with zero attached hydrogens (tertiary/aromatic N) is 1. The number of hydrogen-bond acceptors (Lipinski definition) is 2. The number of H-pyrrole nitrogens is 1. The van der Waals surface area contributed by atoms with Crippen LogP contribution in [-0.4, -0.2) is 23.6 Å². The predicted octanol–water partition coefficient (Wildman–Crippen LogP) is 3.80. The minimum Gasteiger partial charge on any atom is -0.342 e. The van der Waals surface area contributed by atoms with Crippen LogP contribution in [-0.2, 0) is 0 Å². The minimum atomic E-state index is 0.404. The Morgan fingerprint density at radius 3 is 2.68 bits per heavy atom. The summed E-state index contributed by atoms with van der Waals surface area (Å²) in [5.41, 5.74) is 2.21. The number of nitrogens with one attached hydrogen (secondary N) is 2. The van der Waals surface area contributed by atoms with E-state index >= 15 is 0 Å². The van der Waals surface area contributed by atoms with Crippen LogP contribution in [0.4, 0.5) is 0 Å². The molecule has 0 radical (unpaired) electrons. The van der Waals surface area contributed by atoms with Gasteiger partial charge in [-0.15, -0.1) is 0 Å². The zero-order chi connectivity index (χ0) is 13.8. The Balaban J connectivity index is 2.30. The molecule has 19 heavy (non-hydrogen) atoms. The topological polar surface area (TPSA) is 40.7 Å². The summed E-state index contributed by atoms with van der Waals surface area (Å²) < 4.78 is 1.08. The summed E-state index contributed by atoms with van der Waals surface area (Å²) in [7, 11) is 1.98. The van der Waals surface area contributed by atoms with Crippen molar-refractivity contribution < 1.29 is 0 Å². The van der Waals surface area contributed by atoms with E-state index in [4.69, 9.17) is 0 Å². The molecule has 1 aromatic carbocycles. The van der Waals surface area contributed by atoms with Crippen molar-refractivity contribution in [1.29, 1.82) is 0 Å². The monoisotopic (exact) mass is 321 g/mol. The molecule has 0 saturated heterocycles. The van der Waals surface area contributed by atoms with Crippen LogP contribution in [0.1, 0.15) is 25.6 Å². The molecule has 0 amide bonds. The molecular formula is C15H20BrN3. The normalized spacial score (nSPS) is 12.9. The molecule has 3 nitrogen and oxygen atoms in total. The second kappa shape index (κ2) is 6.35. The summed E-state index contributed by atoms with van der Waals surface area (Å²) in [6, 6.07) is 8.18. The van der Waals surface area contributed by atoms with Gasteiger partial charge in [0.15, 0.2) is 0 Å². The van der Waals surface area contributed by atoms with Crippen LogP contribution in [0.15, 0.2) is 34.9 Å². The van der Waals surface area contributed by atoms with Gasteiger partial charge >= 0.3 is 0 Å². The van der Waals surface area contributed by atoms with E-state index in [9.17, 15) is 0 Å². The summed E-state index contributed by atoms with van der Waals surface area (Å²) in [6.07, 6.45) is 1.92. The number of hydrogen-bond donors (Lipinski definition) is 2. The first-order chi connectivity index (χ1) is 9.13. The van der Waals surface area contributed by atoms with Crippen molar-refractivity contribution >= 4 is 15.9 Å². The highest BCUT2D eigenvalue weighted by Crippen LogP contribution is 2.29. The number of imidazole rings is 1. The Morgan fingerprint density at radius 1 is 1.32 bits per heavy atom. The maximum atomic E-state index is 4.56. The van der Waals surface area contributed by atoms with Crippen LogP contribution in [0.2, 0.25) is 0 Å². The van der Waals surface area contributed by atoms with Gasteiger partial charge in [0.05, 0.1) is 11.9 Å². The Labute approximate surface area is 123 Å². The molecule has 0 saturated carbocycles. The van der Waals surface area contributed by atoms with Crippen molar-refractivity contribution in [3.8, 4) is 11.3 Å². The maximum Gasteiger partial charge on any atom is 0.111 e.